The Morgan fingerprint density at radius 3 is 0.879 bits per heavy atom. The molecule has 0 aromatic heterocycles. The number of unbranched alkanes of at least 4 members (excludes halogenated alkanes) is 44. The van der Waals surface area contributed by atoms with E-state index in [2.05, 4.69) is 43.5 Å². The molecular formula is C61H119NO4. The lowest BCUT2D eigenvalue weighted by Gasteiger charge is -2.26. The van der Waals surface area contributed by atoms with Gasteiger partial charge in [0.15, 0.2) is 0 Å². The van der Waals surface area contributed by atoms with Crippen molar-refractivity contribution in [1.82, 2.24) is 5.32 Å². The van der Waals surface area contributed by atoms with E-state index in [1.807, 2.05) is 0 Å². The average molecular weight is 931 g/mol. The summed E-state index contributed by atoms with van der Waals surface area (Å²) < 4.78 is 0. The molecule has 0 aliphatic heterocycles. The van der Waals surface area contributed by atoms with Gasteiger partial charge in [0.1, 0.15) is 6.10 Å². The molecule has 0 heterocycles. The van der Waals surface area contributed by atoms with Crippen LogP contribution in [0.2, 0.25) is 0 Å². The minimum atomic E-state index is -1.16. The summed E-state index contributed by atoms with van der Waals surface area (Å²) in [5, 5.41) is 33.8. The first kappa shape index (κ1) is 64.8. The molecule has 0 aliphatic rings. The number of rotatable bonds is 56. The van der Waals surface area contributed by atoms with Crippen molar-refractivity contribution in [2.45, 2.75) is 353 Å². The van der Waals surface area contributed by atoms with Crippen molar-refractivity contribution < 1.29 is 20.1 Å². The molecule has 5 heteroatoms. The maximum atomic E-state index is 12.5. The summed E-state index contributed by atoms with van der Waals surface area (Å²) in [7, 11) is 0. The van der Waals surface area contributed by atoms with Crippen LogP contribution in [0.15, 0.2) is 24.3 Å². The van der Waals surface area contributed by atoms with E-state index in [-0.39, 0.29) is 12.5 Å². The number of carbonyl (C=O) groups excluding carboxylic acids is 1. The highest BCUT2D eigenvalue weighted by molar-refractivity contribution is 5.76. The van der Waals surface area contributed by atoms with E-state index in [0.717, 1.165) is 38.5 Å². The Bertz CT molecular complexity index is 982. The number of hydrogen-bond acceptors (Lipinski definition) is 4. The number of nitrogens with one attached hydrogen (secondary N) is 1. The molecule has 0 aromatic carbocycles. The highest BCUT2D eigenvalue weighted by atomic mass is 16.3. The van der Waals surface area contributed by atoms with Crippen molar-refractivity contribution in [3.05, 3.63) is 24.3 Å². The van der Waals surface area contributed by atoms with Gasteiger partial charge in [0, 0.05) is 6.42 Å². The Morgan fingerprint density at radius 2 is 0.606 bits per heavy atom. The van der Waals surface area contributed by atoms with Crippen molar-refractivity contribution >= 4 is 5.91 Å². The fourth-order valence-corrected chi connectivity index (χ4v) is 9.63. The summed E-state index contributed by atoms with van der Waals surface area (Å²) in [5.74, 6) is -0.148. The largest absolute Gasteiger partial charge is 0.394 e. The number of aliphatic hydroxyl groups excluding tert-OH is 3. The number of amides is 1. The first-order chi connectivity index (χ1) is 32.6. The summed E-state index contributed by atoms with van der Waals surface area (Å²) in [6.45, 7) is 4.21. The molecule has 0 spiro atoms. The van der Waals surface area contributed by atoms with Crippen molar-refractivity contribution in [1.29, 1.82) is 0 Å². The molecule has 0 bridgehead atoms. The fraction of sp³-hybridized carbons (Fsp3) is 0.918. The standard InChI is InChI=1S/C61H119NO4/c1-3-5-7-9-11-13-15-17-19-21-23-25-27-28-29-30-31-32-33-34-36-38-40-42-44-46-48-50-52-54-56-60(65)62-58(57-63)61(66)59(64)55-53-51-49-47-45-43-41-39-37-35-26-24-22-20-18-16-14-12-10-8-6-4-2/h28-29,47,49,58-59,61,63-64,66H,3-27,30-46,48,50-57H2,1-2H3,(H,62,65)/b29-28-,49-47+. The first-order valence-electron chi connectivity index (χ1n) is 30.1. The van der Waals surface area contributed by atoms with E-state index < -0.39 is 18.2 Å². The number of hydrogen-bond donors (Lipinski definition) is 4. The van der Waals surface area contributed by atoms with Crippen molar-refractivity contribution in [3.63, 3.8) is 0 Å². The average Bonchev–Trinajstić information content (AvgIpc) is 3.32. The molecule has 3 unspecified atom stereocenters. The van der Waals surface area contributed by atoms with E-state index in [1.165, 1.54) is 270 Å². The van der Waals surface area contributed by atoms with Gasteiger partial charge in [-0.1, -0.05) is 289 Å². The molecule has 392 valence electrons. The molecule has 0 aromatic rings. The Balaban J connectivity index is 3.52. The van der Waals surface area contributed by atoms with Gasteiger partial charge < -0.3 is 20.6 Å². The first-order valence-corrected chi connectivity index (χ1v) is 30.1. The summed E-state index contributed by atoms with van der Waals surface area (Å²) in [4.78, 5) is 12.5. The van der Waals surface area contributed by atoms with Gasteiger partial charge in [-0.25, -0.2) is 0 Å². The van der Waals surface area contributed by atoms with Gasteiger partial charge >= 0.3 is 0 Å². The van der Waals surface area contributed by atoms with Gasteiger partial charge in [0.05, 0.1) is 18.8 Å². The zero-order valence-corrected chi connectivity index (χ0v) is 44.9. The van der Waals surface area contributed by atoms with Crippen LogP contribution in [0.25, 0.3) is 0 Å². The summed E-state index contributed by atoms with van der Waals surface area (Å²) >= 11 is 0. The van der Waals surface area contributed by atoms with E-state index in [9.17, 15) is 20.1 Å². The van der Waals surface area contributed by atoms with E-state index in [0.29, 0.717) is 12.8 Å². The molecule has 66 heavy (non-hydrogen) atoms. The Labute approximate surface area is 413 Å². The van der Waals surface area contributed by atoms with Crippen molar-refractivity contribution in [2.24, 2.45) is 0 Å². The lowest BCUT2D eigenvalue weighted by Crippen LogP contribution is -2.50. The van der Waals surface area contributed by atoms with Crippen molar-refractivity contribution in [2.75, 3.05) is 6.61 Å². The van der Waals surface area contributed by atoms with E-state index in [4.69, 9.17) is 0 Å². The fourth-order valence-electron chi connectivity index (χ4n) is 9.63. The van der Waals surface area contributed by atoms with Crippen LogP contribution in [-0.2, 0) is 4.79 Å². The summed E-state index contributed by atoms with van der Waals surface area (Å²) in [5.41, 5.74) is 0. The molecule has 0 saturated heterocycles. The highest BCUT2D eigenvalue weighted by Gasteiger charge is 2.26. The monoisotopic (exact) mass is 930 g/mol. The maximum Gasteiger partial charge on any atom is 0.220 e. The number of aliphatic hydroxyl groups is 3. The molecule has 1 amide bonds. The van der Waals surface area contributed by atoms with Crippen LogP contribution >= 0.6 is 0 Å². The molecular weight excluding hydrogens is 811 g/mol. The predicted octanol–water partition coefficient (Wildman–Crippen LogP) is 18.8. The van der Waals surface area contributed by atoms with Gasteiger partial charge in [-0.05, 0) is 64.2 Å². The zero-order valence-electron chi connectivity index (χ0n) is 44.9. The van der Waals surface area contributed by atoms with Crippen LogP contribution in [0.3, 0.4) is 0 Å². The Morgan fingerprint density at radius 1 is 0.364 bits per heavy atom. The van der Waals surface area contributed by atoms with Gasteiger partial charge in [0.25, 0.3) is 0 Å². The minimum Gasteiger partial charge on any atom is -0.394 e. The second-order valence-corrected chi connectivity index (χ2v) is 20.9. The number of carbonyl (C=O) groups is 1. The molecule has 0 aliphatic carbocycles. The minimum absolute atomic E-state index is 0.148. The van der Waals surface area contributed by atoms with Crippen LogP contribution in [0, 0.1) is 0 Å². The summed E-state index contributed by atoms with van der Waals surface area (Å²) in [6.07, 6.45) is 72.1. The molecule has 3 atom stereocenters. The third kappa shape index (κ3) is 50.7. The smallest absolute Gasteiger partial charge is 0.220 e. The predicted molar refractivity (Wildman–Crippen MR) is 292 cm³/mol. The second-order valence-electron chi connectivity index (χ2n) is 20.9. The molecule has 0 radical (unpaired) electrons. The quantitative estimate of drug-likeness (QED) is 0.0361. The highest BCUT2D eigenvalue weighted by Crippen LogP contribution is 2.18. The van der Waals surface area contributed by atoms with Gasteiger partial charge in [-0.15, -0.1) is 0 Å². The molecule has 0 fully saturated rings. The van der Waals surface area contributed by atoms with Crippen LogP contribution in [0.4, 0.5) is 0 Å². The third-order valence-electron chi connectivity index (χ3n) is 14.3. The molecule has 4 N–H and O–H groups in total. The number of allylic oxidation sites excluding steroid dienone is 4. The summed E-state index contributed by atoms with van der Waals surface area (Å²) in [6, 6.07) is -0.825. The molecule has 5 nitrogen and oxygen atoms in total. The second kappa shape index (κ2) is 56.4. The Kier molecular flexibility index (Phi) is 55.4. The van der Waals surface area contributed by atoms with Crippen LogP contribution in [0.5, 0.6) is 0 Å². The third-order valence-corrected chi connectivity index (χ3v) is 14.3. The van der Waals surface area contributed by atoms with Crippen LogP contribution < -0.4 is 5.32 Å². The maximum absolute atomic E-state index is 12.5. The molecule has 0 rings (SSSR count). The normalized spacial score (nSPS) is 13.3. The van der Waals surface area contributed by atoms with Crippen LogP contribution in [0.1, 0.15) is 335 Å². The van der Waals surface area contributed by atoms with E-state index in [1.54, 1.807) is 0 Å². The molecule has 0 saturated carbocycles. The van der Waals surface area contributed by atoms with Crippen molar-refractivity contribution in [3.8, 4) is 0 Å². The zero-order chi connectivity index (χ0) is 47.9. The van der Waals surface area contributed by atoms with Crippen LogP contribution in [-0.4, -0.2) is 46.1 Å². The lowest BCUT2D eigenvalue weighted by molar-refractivity contribution is -0.124. The van der Waals surface area contributed by atoms with E-state index >= 15 is 0 Å². The topological polar surface area (TPSA) is 89.8 Å². The Hall–Kier alpha value is -1.17. The lowest BCUT2D eigenvalue weighted by atomic mass is 10.0. The van der Waals surface area contributed by atoms with Gasteiger partial charge in [0.2, 0.25) is 5.91 Å². The van der Waals surface area contributed by atoms with Gasteiger partial charge in [-0.3, -0.25) is 4.79 Å². The SMILES string of the molecule is CCCCCCCCCCCCCC/C=C\CCCCCCCCCCCCCCCCC(=O)NC(CO)C(O)C(O)CCC/C=C/CCCCCCCCCCCCCCCCCCC. The van der Waals surface area contributed by atoms with Gasteiger partial charge in [-0.2, -0.15) is 0 Å².